The largest absolute Gasteiger partial charge is 0.384 e. The Morgan fingerprint density at radius 3 is 2.78 bits per heavy atom. The van der Waals surface area contributed by atoms with Crippen LogP contribution >= 0.6 is 0 Å². The Bertz CT molecular complexity index is 489. The van der Waals surface area contributed by atoms with Gasteiger partial charge in [-0.25, -0.2) is 4.39 Å². The Kier molecular flexibility index (Phi) is 5.31. The van der Waals surface area contributed by atoms with Gasteiger partial charge in [0.1, 0.15) is 12.4 Å². The summed E-state index contributed by atoms with van der Waals surface area (Å²) >= 11 is 0. The van der Waals surface area contributed by atoms with Crippen LogP contribution in [-0.2, 0) is 4.79 Å². The van der Waals surface area contributed by atoms with Crippen LogP contribution in [0.1, 0.15) is 5.56 Å². The highest BCUT2D eigenvalue weighted by Gasteiger charge is 2.07. The maximum atomic E-state index is 13.6. The second-order valence-electron chi connectivity index (χ2n) is 3.94. The summed E-state index contributed by atoms with van der Waals surface area (Å²) in [6.45, 7) is -0.0888. The monoisotopic (exact) mass is 250 g/mol. The van der Waals surface area contributed by atoms with Gasteiger partial charge in [0.2, 0.25) is 5.91 Å². The van der Waals surface area contributed by atoms with Crippen molar-refractivity contribution < 1.29 is 14.3 Å². The average Bonchev–Trinajstić information content (AvgIpc) is 2.28. The summed E-state index contributed by atoms with van der Waals surface area (Å²) in [5.74, 6) is 4.18. The molecule has 18 heavy (non-hydrogen) atoms. The van der Waals surface area contributed by atoms with Crippen LogP contribution in [0.2, 0.25) is 0 Å². The molecular weight excluding hydrogens is 235 g/mol. The van der Waals surface area contributed by atoms with E-state index in [1.165, 1.54) is 12.1 Å². The molecule has 2 N–H and O–H groups in total. The maximum absolute atomic E-state index is 13.6. The molecule has 1 aromatic rings. The SMILES string of the molecule is CN(C)CC(=O)Nc1ccc(C#CCO)cc1F. The van der Waals surface area contributed by atoms with Crippen molar-refractivity contribution in [1.29, 1.82) is 0 Å². The molecule has 0 saturated carbocycles. The molecule has 0 aliphatic heterocycles. The molecule has 0 aliphatic rings. The van der Waals surface area contributed by atoms with Gasteiger partial charge in [-0.1, -0.05) is 11.8 Å². The first-order valence-electron chi connectivity index (χ1n) is 5.37. The molecule has 0 radical (unpaired) electrons. The second kappa shape index (κ2) is 6.74. The van der Waals surface area contributed by atoms with E-state index in [-0.39, 0.29) is 24.7 Å². The zero-order valence-corrected chi connectivity index (χ0v) is 10.3. The number of carbonyl (C=O) groups excluding carboxylic acids is 1. The van der Waals surface area contributed by atoms with E-state index in [2.05, 4.69) is 17.2 Å². The predicted molar refractivity (Wildman–Crippen MR) is 67.5 cm³/mol. The third-order valence-electron chi connectivity index (χ3n) is 2.01. The number of rotatable bonds is 3. The molecule has 0 heterocycles. The number of hydrogen-bond donors (Lipinski definition) is 2. The third kappa shape index (κ3) is 4.53. The molecular formula is C13H15FN2O2. The van der Waals surface area contributed by atoms with Crippen molar-refractivity contribution in [2.45, 2.75) is 0 Å². The maximum Gasteiger partial charge on any atom is 0.238 e. The normalized spacial score (nSPS) is 9.83. The number of likely N-dealkylation sites (N-methyl/N-ethyl adjacent to an activating group) is 1. The van der Waals surface area contributed by atoms with Crippen LogP contribution in [0, 0.1) is 17.7 Å². The number of amides is 1. The van der Waals surface area contributed by atoms with Crippen LogP contribution in [0.4, 0.5) is 10.1 Å². The van der Waals surface area contributed by atoms with Gasteiger partial charge in [0.25, 0.3) is 0 Å². The minimum atomic E-state index is -0.549. The number of hydrogen-bond acceptors (Lipinski definition) is 3. The summed E-state index contributed by atoms with van der Waals surface area (Å²) < 4.78 is 13.6. The quantitative estimate of drug-likeness (QED) is 0.775. The standard InChI is InChI=1S/C13H15FN2O2/c1-16(2)9-13(18)15-12-6-5-10(4-3-7-17)8-11(12)14/h5-6,8,17H,7,9H2,1-2H3,(H,15,18). The molecule has 0 aromatic heterocycles. The van der Waals surface area contributed by atoms with E-state index in [0.29, 0.717) is 5.56 Å². The summed E-state index contributed by atoms with van der Waals surface area (Å²) in [5, 5.41) is 11.0. The number of aliphatic hydroxyl groups is 1. The van der Waals surface area contributed by atoms with E-state index in [1.54, 1.807) is 25.1 Å². The fourth-order valence-electron chi connectivity index (χ4n) is 1.31. The highest BCUT2D eigenvalue weighted by molar-refractivity contribution is 5.92. The molecule has 0 fully saturated rings. The fourth-order valence-corrected chi connectivity index (χ4v) is 1.31. The first-order valence-corrected chi connectivity index (χ1v) is 5.37. The Hall–Kier alpha value is -1.90. The summed E-state index contributed by atoms with van der Waals surface area (Å²) in [5.41, 5.74) is 0.573. The molecule has 4 nitrogen and oxygen atoms in total. The summed E-state index contributed by atoms with van der Waals surface area (Å²) in [4.78, 5) is 13.1. The lowest BCUT2D eigenvalue weighted by Crippen LogP contribution is -2.27. The van der Waals surface area contributed by atoms with E-state index in [4.69, 9.17) is 5.11 Å². The topological polar surface area (TPSA) is 52.6 Å². The van der Waals surface area contributed by atoms with Crippen LogP contribution in [0.15, 0.2) is 18.2 Å². The van der Waals surface area contributed by atoms with Crippen molar-refractivity contribution in [2.24, 2.45) is 0 Å². The third-order valence-corrected chi connectivity index (χ3v) is 2.01. The molecule has 0 bridgehead atoms. The number of anilines is 1. The van der Waals surface area contributed by atoms with Gasteiger partial charge in [-0.05, 0) is 32.3 Å². The molecule has 0 saturated heterocycles. The number of aliphatic hydroxyl groups excluding tert-OH is 1. The summed E-state index contributed by atoms with van der Waals surface area (Å²) in [7, 11) is 3.51. The lowest BCUT2D eigenvalue weighted by molar-refractivity contribution is -0.116. The lowest BCUT2D eigenvalue weighted by Gasteiger charge is -2.10. The minimum Gasteiger partial charge on any atom is -0.384 e. The summed E-state index contributed by atoms with van der Waals surface area (Å²) in [6, 6.07) is 4.25. The van der Waals surface area contributed by atoms with Gasteiger partial charge >= 0.3 is 0 Å². The predicted octanol–water partition coefficient (Wildman–Crippen LogP) is 0.670. The minimum absolute atomic E-state index is 0.122. The van der Waals surface area contributed by atoms with Gasteiger partial charge in [0.15, 0.2) is 0 Å². The van der Waals surface area contributed by atoms with Gasteiger partial charge in [-0.2, -0.15) is 0 Å². The molecule has 96 valence electrons. The highest BCUT2D eigenvalue weighted by Crippen LogP contribution is 2.15. The van der Waals surface area contributed by atoms with Crippen molar-refractivity contribution >= 4 is 11.6 Å². The smallest absolute Gasteiger partial charge is 0.238 e. The van der Waals surface area contributed by atoms with E-state index < -0.39 is 5.82 Å². The fraction of sp³-hybridized carbons (Fsp3) is 0.308. The van der Waals surface area contributed by atoms with E-state index in [1.807, 2.05) is 0 Å². The van der Waals surface area contributed by atoms with Gasteiger partial charge in [0, 0.05) is 5.56 Å². The number of nitrogens with one attached hydrogen (secondary N) is 1. The van der Waals surface area contributed by atoms with Crippen molar-refractivity contribution in [3.63, 3.8) is 0 Å². The van der Waals surface area contributed by atoms with Gasteiger partial charge in [0.05, 0.1) is 12.2 Å². The molecule has 0 aliphatic carbocycles. The van der Waals surface area contributed by atoms with Crippen LogP contribution in [0.5, 0.6) is 0 Å². The van der Waals surface area contributed by atoms with E-state index >= 15 is 0 Å². The average molecular weight is 250 g/mol. The number of benzene rings is 1. The van der Waals surface area contributed by atoms with Crippen molar-refractivity contribution in [2.75, 3.05) is 32.6 Å². The molecule has 1 amide bonds. The molecule has 5 heteroatoms. The van der Waals surface area contributed by atoms with E-state index in [0.717, 1.165) is 0 Å². The van der Waals surface area contributed by atoms with Gasteiger partial charge in [-0.3, -0.25) is 4.79 Å². The van der Waals surface area contributed by atoms with Crippen molar-refractivity contribution in [3.05, 3.63) is 29.6 Å². The molecule has 1 rings (SSSR count). The van der Waals surface area contributed by atoms with Crippen LogP contribution < -0.4 is 5.32 Å². The van der Waals surface area contributed by atoms with Gasteiger partial charge < -0.3 is 15.3 Å². The first kappa shape index (κ1) is 14.2. The zero-order chi connectivity index (χ0) is 13.5. The summed E-state index contributed by atoms with van der Waals surface area (Å²) in [6.07, 6.45) is 0. The van der Waals surface area contributed by atoms with Crippen molar-refractivity contribution in [3.8, 4) is 11.8 Å². The Labute approximate surface area is 105 Å². The van der Waals surface area contributed by atoms with Crippen LogP contribution in [0.25, 0.3) is 0 Å². The highest BCUT2D eigenvalue weighted by atomic mass is 19.1. The Morgan fingerprint density at radius 1 is 1.50 bits per heavy atom. The molecule has 0 unspecified atom stereocenters. The Morgan fingerprint density at radius 2 is 2.22 bits per heavy atom. The second-order valence-corrected chi connectivity index (χ2v) is 3.94. The number of nitrogens with zero attached hydrogens (tertiary/aromatic N) is 1. The lowest BCUT2D eigenvalue weighted by atomic mass is 10.2. The number of carbonyl (C=O) groups is 1. The molecule has 1 aromatic carbocycles. The molecule has 0 spiro atoms. The first-order chi connectivity index (χ1) is 8.52. The van der Waals surface area contributed by atoms with E-state index in [9.17, 15) is 9.18 Å². The Balaban J connectivity index is 2.77. The van der Waals surface area contributed by atoms with Gasteiger partial charge in [-0.15, -0.1) is 0 Å². The number of halogens is 1. The van der Waals surface area contributed by atoms with Crippen molar-refractivity contribution in [1.82, 2.24) is 4.90 Å². The van der Waals surface area contributed by atoms with Crippen LogP contribution in [0.3, 0.4) is 0 Å². The zero-order valence-electron chi connectivity index (χ0n) is 10.3. The van der Waals surface area contributed by atoms with Crippen LogP contribution in [-0.4, -0.2) is 43.2 Å². The molecule has 0 atom stereocenters.